The van der Waals surface area contributed by atoms with Crippen molar-refractivity contribution in [2.24, 2.45) is 5.92 Å². The first-order valence-electron chi connectivity index (χ1n) is 8.02. The van der Waals surface area contributed by atoms with Gasteiger partial charge in [-0.2, -0.15) is 0 Å². The molecule has 6 heteroatoms. The number of para-hydroxylation sites is 1. The minimum atomic E-state index is -0.502. The molecular formula is C18H20N2O4. The average molecular weight is 328 g/mol. The highest BCUT2D eigenvalue weighted by molar-refractivity contribution is 5.95. The molecule has 0 N–H and O–H groups in total. The number of aromatic nitrogens is 1. The lowest BCUT2D eigenvalue weighted by molar-refractivity contribution is -0.117. The second kappa shape index (κ2) is 6.86. The third-order valence-electron chi connectivity index (χ3n) is 4.04. The largest absolute Gasteiger partial charge is 0.460 e. The SMILES string of the molecule is CC(C)c1ocnc1C(=O)OC[C@@H]1CC(=O)N(c2ccccc2)C1. The van der Waals surface area contributed by atoms with Gasteiger partial charge < -0.3 is 14.1 Å². The van der Waals surface area contributed by atoms with Crippen LogP contribution >= 0.6 is 0 Å². The summed E-state index contributed by atoms with van der Waals surface area (Å²) in [5.74, 6) is 0.103. The van der Waals surface area contributed by atoms with Crippen LogP contribution in [0.2, 0.25) is 0 Å². The van der Waals surface area contributed by atoms with E-state index < -0.39 is 5.97 Å². The number of carbonyl (C=O) groups is 2. The highest BCUT2D eigenvalue weighted by Gasteiger charge is 2.32. The fourth-order valence-corrected chi connectivity index (χ4v) is 2.83. The van der Waals surface area contributed by atoms with E-state index >= 15 is 0 Å². The minimum Gasteiger partial charge on any atom is -0.460 e. The van der Waals surface area contributed by atoms with Crippen LogP contribution in [0.1, 0.15) is 42.4 Å². The molecule has 0 unspecified atom stereocenters. The summed E-state index contributed by atoms with van der Waals surface area (Å²) in [6.45, 7) is 4.58. The molecule has 6 nitrogen and oxygen atoms in total. The van der Waals surface area contributed by atoms with Gasteiger partial charge in [-0.05, 0) is 12.1 Å². The van der Waals surface area contributed by atoms with E-state index in [9.17, 15) is 9.59 Å². The zero-order valence-electron chi connectivity index (χ0n) is 13.8. The molecule has 1 aliphatic heterocycles. The van der Waals surface area contributed by atoms with E-state index in [4.69, 9.17) is 9.15 Å². The Labute approximate surface area is 140 Å². The van der Waals surface area contributed by atoms with Gasteiger partial charge in [0.15, 0.2) is 12.1 Å². The Morgan fingerprint density at radius 2 is 2.12 bits per heavy atom. The lowest BCUT2D eigenvalue weighted by atomic mass is 10.1. The van der Waals surface area contributed by atoms with Crippen molar-refractivity contribution in [3.8, 4) is 0 Å². The number of esters is 1. The number of ether oxygens (including phenoxy) is 1. The minimum absolute atomic E-state index is 0.0175. The van der Waals surface area contributed by atoms with Gasteiger partial charge in [-0.15, -0.1) is 0 Å². The zero-order chi connectivity index (χ0) is 17.1. The topological polar surface area (TPSA) is 72.6 Å². The molecule has 1 aliphatic rings. The van der Waals surface area contributed by atoms with Crippen molar-refractivity contribution in [2.75, 3.05) is 18.1 Å². The second-order valence-electron chi connectivity index (χ2n) is 6.23. The van der Waals surface area contributed by atoms with Crippen LogP contribution in [0.3, 0.4) is 0 Å². The molecule has 0 radical (unpaired) electrons. The van der Waals surface area contributed by atoms with Gasteiger partial charge >= 0.3 is 5.97 Å². The Morgan fingerprint density at radius 3 is 2.83 bits per heavy atom. The number of oxazole rings is 1. The maximum Gasteiger partial charge on any atom is 0.360 e. The first-order valence-corrected chi connectivity index (χ1v) is 8.02. The van der Waals surface area contributed by atoms with Gasteiger partial charge in [0.05, 0.1) is 6.61 Å². The number of anilines is 1. The highest BCUT2D eigenvalue weighted by Crippen LogP contribution is 2.25. The van der Waals surface area contributed by atoms with E-state index in [0.29, 0.717) is 18.7 Å². The van der Waals surface area contributed by atoms with Crippen LogP contribution in [-0.4, -0.2) is 30.0 Å². The fourth-order valence-electron chi connectivity index (χ4n) is 2.83. The van der Waals surface area contributed by atoms with Gasteiger partial charge in [-0.1, -0.05) is 32.0 Å². The molecule has 0 spiro atoms. The van der Waals surface area contributed by atoms with Crippen molar-refractivity contribution in [3.63, 3.8) is 0 Å². The number of hydrogen-bond donors (Lipinski definition) is 0. The van der Waals surface area contributed by atoms with Crippen LogP contribution in [-0.2, 0) is 9.53 Å². The van der Waals surface area contributed by atoms with Gasteiger partial charge in [0.2, 0.25) is 5.91 Å². The standard InChI is InChI=1S/C18H20N2O4/c1-12(2)17-16(19-11-24-17)18(22)23-10-13-8-15(21)20(9-13)14-6-4-3-5-7-14/h3-7,11-13H,8-10H2,1-2H3/t13-/m1/s1. The van der Waals surface area contributed by atoms with Gasteiger partial charge in [-0.3, -0.25) is 4.79 Å². The van der Waals surface area contributed by atoms with Gasteiger partial charge in [0, 0.05) is 30.5 Å². The van der Waals surface area contributed by atoms with Gasteiger partial charge in [0.25, 0.3) is 0 Å². The molecule has 2 aromatic rings. The monoisotopic (exact) mass is 328 g/mol. The molecule has 126 valence electrons. The Hall–Kier alpha value is -2.63. The number of amides is 1. The van der Waals surface area contributed by atoms with Gasteiger partial charge in [0.1, 0.15) is 5.76 Å². The third-order valence-corrected chi connectivity index (χ3v) is 4.04. The number of nitrogens with zero attached hydrogens (tertiary/aromatic N) is 2. The van der Waals surface area contributed by atoms with Crippen molar-refractivity contribution < 1.29 is 18.7 Å². The molecule has 1 aromatic carbocycles. The number of hydrogen-bond acceptors (Lipinski definition) is 5. The van der Waals surface area contributed by atoms with Crippen molar-refractivity contribution in [1.29, 1.82) is 0 Å². The van der Waals surface area contributed by atoms with E-state index in [1.54, 1.807) is 4.90 Å². The van der Waals surface area contributed by atoms with Crippen LogP contribution < -0.4 is 4.90 Å². The second-order valence-corrected chi connectivity index (χ2v) is 6.23. The molecule has 0 bridgehead atoms. The lowest BCUT2D eigenvalue weighted by Gasteiger charge is -2.16. The number of benzene rings is 1. The quantitative estimate of drug-likeness (QED) is 0.789. The first kappa shape index (κ1) is 16.2. The average Bonchev–Trinajstić information content (AvgIpc) is 3.20. The van der Waals surface area contributed by atoms with Crippen LogP contribution in [0, 0.1) is 5.92 Å². The third kappa shape index (κ3) is 3.32. The maximum absolute atomic E-state index is 12.2. The maximum atomic E-state index is 12.2. The van der Waals surface area contributed by atoms with E-state index in [1.165, 1.54) is 6.39 Å². The van der Waals surface area contributed by atoms with Crippen LogP contribution in [0.5, 0.6) is 0 Å². The molecule has 1 atom stereocenters. The summed E-state index contributed by atoms with van der Waals surface area (Å²) in [7, 11) is 0. The lowest BCUT2D eigenvalue weighted by Crippen LogP contribution is -2.25. The predicted molar refractivity (Wildman–Crippen MR) is 87.8 cm³/mol. The van der Waals surface area contributed by atoms with Crippen molar-refractivity contribution in [3.05, 3.63) is 48.2 Å². The molecule has 0 aliphatic carbocycles. The number of rotatable bonds is 5. The molecule has 1 saturated heterocycles. The summed E-state index contributed by atoms with van der Waals surface area (Å²) >= 11 is 0. The van der Waals surface area contributed by atoms with Gasteiger partial charge in [-0.25, -0.2) is 9.78 Å². The van der Waals surface area contributed by atoms with Crippen molar-refractivity contribution in [2.45, 2.75) is 26.2 Å². The summed E-state index contributed by atoms with van der Waals surface area (Å²) in [4.78, 5) is 30.0. The van der Waals surface area contributed by atoms with Crippen LogP contribution in [0.4, 0.5) is 5.69 Å². The molecule has 3 rings (SSSR count). The van der Waals surface area contributed by atoms with E-state index in [0.717, 1.165) is 5.69 Å². The molecular weight excluding hydrogens is 308 g/mol. The summed E-state index contributed by atoms with van der Waals surface area (Å²) in [5.41, 5.74) is 1.09. The smallest absolute Gasteiger partial charge is 0.360 e. The fraction of sp³-hybridized carbons (Fsp3) is 0.389. The molecule has 24 heavy (non-hydrogen) atoms. The van der Waals surface area contributed by atoms with E-state index in [2.05, 4.69) is 4.98 Å². The molecule has 1 aromatic heterocycles. The summed E-state index contributed by atoms with van der Waals surface area (Å²) in [6, 6.07) is 9.50. The normalized spacial score (nSPS) is 17.5. The predicted octanol–water partition coefficient (Wildman–Crippen LogP) is 3.01. The summed E-state index contributed by atoms with van der Waals surface area (Å²) in [6.07, 6.45) is 1.63. The highest BCUT2D eigenvalue weighted by atomic mass is 16.5. The molecule has 1 fully saturated rings. The zero-order valence-corrected chi connectivity index (χ0v) is 13.8. The molecule has 0 saturated carbocycles. The van der Waals surface area contributed by atoms with E-state index in [-0.39, 0.29) is 30.0 Å². The van der Waals surface area contributed by atoms with Crippen molar-refractivity contribution in [1.82, 2.24) is 4.98 Å². The van der Waals surface area contributed by atoms with Crippen LogP contribution in [0.25, 0.3) is 0 Å². The van der Waals surface area contributed by atoms with Crippen LogP contribution in [0.15, 0.2) is 41.1 Å². The Kier molecular flexibility index (Phi) is 4.64. The molecule has 1 amide bonds. The first-order chi connectivity index (χ1) is 11.6. The number of carbonyl (C=O) groups excluding carboxylic acids is 2. The Morgan fingerprint density at radius 1 is 1.38 bits per heavy atom. The van der Waals surface area contributed by atoms with E-state index in [1.807, 2.05) is 44.2 Å². The summed E-state index contributed by atoms with van der Waals surface area (Å²) < 4.78 is 10.6. The Bertz CT molecular complexity index is 724. The summed E-state index contributed by atoms with van der Waals surface area (Å²) in [5, 5.41) is 0. The molecule has 2 heterocycles. The Balaban J connectivity index is 1.59. The van der Waals surface area contributed by atoms with Crippen molar-refractivity contribution >= 4 is 17.6 Å².